The van der Waals surface area contributed by atoms with E-state index in [9.17, 15) is 14.0 Å². The number of nitrogens with one attached hydrogen (secondary N) is 1. The summed E-state index contributed by atoms with van der Waals surface area (Å²) in [5.41, 5.74) is 1.01. The van der Waals surface area contributed by atoms with Crippen LogP contribution in [0.2, 0.25) is 0 Å². The van der Waals surface area contributed by atoms with E-state index in [-0.39, 0.29) is 16.5 Å². The van der Waals surface area contributed by atoms with Gasteiger partial charge in [0.15, 0.2) is 5.11 Å². The van der Waals surface area contributed by atoms with Gasteiger partial charge in [-0.2, -0.15) is 0 Å². The Morgan fingerprint density at radius 1 is 1.13 bits per heavy atom. The van der Waals surface area contributed by atoms with E-state index in [1.54, 1.807) is 48.5 Å². The van der Waals surface area contributed by atoms with Crippen LogP contribution in [0.25, 0.3) is 17.4 Å². The van der Waals surface area contributed by atoms with Crippen molar-refractivity contribution in [2.75, 3.05) is 11.5 Å². The van der Waals surface area contributed by atoms with E-state index >= 15 is 0 Å². The SMILES string of the molecule is CCOc1cccc(N2C(=O)C(=Cc3ccc(-c4ccc(F)cc4)o3)C(=O)NC2=S)c1. The molecule has 0 unspecified atom stereocenters. The summed E-state index contributed by atoms with van der Waals surface area (Å²) in [5, 5.41) is 2.51. The summed E-state index contributed by atoms with van der Waals surface area (Å²) in [4.78, 5) is 26.8. The molecule has 0 bridgehead atoms. The molecule has 4 rings (SSSR count). The third kappa shape index (κ3) is 4.24. The summed E-state index contributed by atoms with van der Waals surface area (Å²) in [6, 6.07) is 16.0. The smallest absolute Gasteiger partial charge is 0.270 e. The number of hydrogen-bond donors (Lipinski definition) is 1. The predicted octanol–water partition coefficient (Wildman–Crippen LogP) is 4.32. The Balaban J connectivity index is 1.65. The molecule has 1 aliphatic heterocycles. The summed E-state index contributed by atoms with van der Waals surface area (Å²) in [5.74, 6) is -0.199. The quantitative estimate of drug-likeness (QED) is 0.367. The van der Waals surface area contributed by atoms with Gasteiger partial charge in [0.25, 0.3) is 11.8 Å². The molecule has 0 aliphatic carbocycles. The maximum Gasteiger partial charge on any atom is 0.270 e. The zero-order valence-electron chi connectivity index (χ0n) is 16.4. The third-order valence-electron chi connectivity index (χ3n) is 4.53. The lowest BCUT2D eigenvalue weighted by atomic mass is 10.1. The predicted molar refractivity (Wildman–Crippen MR) is 118 cm³/mol. The fourth-order valence-corrected chi connectivity index (χ4v) is 3.39. The van der Waals surface area contributed by atoms with Crippen LogP contribution in [0, 0.1) is 5.82 Å². The molecule has 6 nitrogen and oxygen atoms in total. The number of amides is 2. The van der Waals surface area contributed by atoms with Crippen molar-refractivity contribution < 1.29 is 23.1 Å². The maximum absolute atomic E-state index is 13.1. The van der Waals surface area contributed by atoms with Gasteiger partial charge in [-0.15, -0.1) is 0 Å². The van der Waals surface area contributed by atoms with E-state index in [0.29, 0.717) is 35.1 Å². The lowest BCUT2D eigenvalue weighted by Gasteiger charge is -2.29. The van der Waals surface area contributed by atoms with Crippen LogP contribution < -0.4 is 15.0 Å². The van der Waals surface area contributed by atoms with E-state index in [1.165, 1.54) is 23.1 Å². The number of ether oxygens (including phenoxy) is 1. The molecule has 8 heteroatoms. The van der Waals surface area contributed by atoms with Crippen molar-refractivity contribution in [3.8, 4) is 17.1 Å². The van der Waals surface area contributed by atoms with Crippen LogP contribution in [0.15, 0.2) is 70.7 Å². The normalized spacial score (nSPS) is 15.4. The topological polar surface area (TPSA) is 71.8 Å². The number of anilines is 1. The number of halogens is 1. The van der Waals surface area contributed by atoms with Crippen molar-refractivity contribution in [2.45, 2.75) is 6.92 Å². The Kier molecular flexibility index (Phi) is 5.64. The monoisotopic (exact) mass is 436 g/mol. The van der Waals surface area contributed by atoms with Crippen molar-refractivity contribution in [3.63, 3.8) is 0 Å². The highest BCUT2D eigenvalue weighted by atomic mass is 32.1. The first-order valence-corrected chi connectivity index (χ1v) is 9.87. The first kappa shape index (κ1) is 20.5. The molecule has 156 valence electrons. The molecule has 2 heterocycles. The molecule has 1 aromatic heterocycles. The molecule has 1 saturated heterocycles. The van der Waals surface area contributed by atoms with Crippen LogP contribution >= 0.6 is 12.2 Å². The maximum atomic E-state index is 13.1. The summed E-state index contributed by atoms with van der Waals surface area (Å²) in [6.45, 7) is 2.33. The number of furan rings is 1. The summed E-state index contributed by atoms with van der Waals surface area (Å²) >= 11 is 5.22. The molecule has 0 radical (unpaired) electrons. The van der Waals surface area contributed by atoms with Gasteiger partial charge in [0.05, 0.1) is 12.3 Å². The zero-order chi connectivity index (χ0) is 22.0. The van der Waals surface area contributed by atoms with Crippen LogP contribution in [-0.2, 0) is 9.59 Å². The molecule has 1 aliphatic rings. The minimum atomic E-state index is -0.619. The van der Waals surface area contributed by atoms with Gasteiger partial charge in [-0.3, -0.25) is 19.8 Å². The standard InChI is InChI=1S/C23H17FN2O4S/c1-2-29-17-5-3-4-16(12-17)26-22(28)19(21(27)25-23(26)31)13-18-10-11-20(30-18)14-6-8-15(24)9-7-14/h3-13H,2H2,1H3,(H,25,27,31). The third-order valence-corrected chi connectivity index (χ3v) is 4.82. The molecule has 2 aromatic carbocycles. The van der Waals surface area contributed by atoms with Crippen LogP contribution in [0.3, 0.4) is 0 Å². The Hall–Kier alpha value is -3.78. The zero-order valence-corrected chi connectivity index (χ0v) is 17.2. The first-order valence-electron chi connectivity index (χ1n) is 9.46. The Labute approximate surface area is 182 Å². The Bertz CT molecular complexity index is 1200. The largest absolute Gasteiger partial charge is 0.494 e. The average molecular weight is 436 g/mol. The Morgan fingerprint density at radius 2 is 1.90 bits per heavy atom. The fourth-order valence-electron chi connectivity index (χ4n) is 3.11. The molecule has 3 aromatic rings. The van der Waals surface area contributed by atoms with E-state index in [4.69, 9.17) is 21.4 Å². The molecular weight excluding hydrogens is 419 g/mol. The van der Waals surface area contributed by atoms with Gasteiger partial charge in [0, 0.05) is 11.6 Å². The van der Waals surface area contributed by atoms with Crippen LogP contribution in [-0.4, -0.2) is 23.5 Å². The number of thiocarbonyl (C=S) groups is 1. The number of nitrogens with zero attached hydrogens (tertiary/aromatic N) is 1. The van der Waals surface area contributed by atoms with Crippen LogP contribution in [0.1, 0.15) is 12.7 Å². The molecule has 2 amide bonds. The van der Waals surface area contributed by atoms with Crippen molar-refractivity contribution in [1.82, 2.24) is 5.32 Å². The number of carbonyl (C=O) groups excluding carboxylic acids is 2. The molecule has 0 spiro atoms. The van der Waals surface area contributed by atoms with Gasteiger partial charge in [-0.1, -0.05) is 6.07 Å². The second-order valence-electron chi connectivity index (χ2n) is 6.60. The highest BCUT2D eigenvalue weighted by molar-refractivity contribution is 7.80. The number of hydrogen-bond acceptors (Lipinski definition) is 5. The van der Waals surface area contributed by atoms with Crippen molar-refractivity contribution in [3.05, 3.63) is 77.8 Å². The number of rotatable bonds is 5. The van der Waals surface area contributed by atoms with E-state index in [0.717, 1.165) is 0 Å². The minimum Gasteiger partial charge on any atom is -0.494 e. The van der Waals surface area contributed by atoms with Gasteiger partial charge in [-0.25, -0.2) is 4.39 Å². The molecule has 1 fully saturated rings. The second kappa shape index (κ2) is 8.53. The summed E-state index contributed by atoms with van der Waals surface area (Å²) < 4.78 is 24.3. The highest BCUT2D eigenvalue weighted by Gasteiger charge is 2.35. The van der Waals surface area contributed by atoms with Gasteiger partial charge in [0.1, 0.15) is 28.7 Å². The molecule has 0 atom stereocenters. The van der Waals surface area contributed by atoms with Crippen molar-refractivity contribution >= 4 is 40.9 Å². The lowest BCUT2D eigenvalue weighted by molar-refractivity contribution is -0.122. The molecule has 31 heavy (non-hydrogen) atoms. The van der Waals surface area contributed by atoms with E-state index in [2.05, 4.69) is 5.32 Å². The number of benzene rings is 2. The van der Waals surface area contributed by atoms with Crippen LogP contribution in [0.4, 0.5) is 10.1 Å². The summed E-state index contributed by atoms with van der Waals surface area (Å²) in [7, 11) is 0. The second-order valence-corrected chi connectivity index (χ2v) is 6.98. The van der Waals surface area contributed by atoms with E-state index in [1.807, 2.05) is 6.92 Å². The van der Waals surface area contributed by atoms with Gasteiger partial charge in [-0.05, 0) is 73.7 Å². The summed E-state index contributed by atoms with van der Waals surface area (Å²) in [6.07, 6.45) is 1.35. The number of carbonyl (C=O) groups is 2. The fraction of sp³-hybridized carbons (Fsp3) is 0.0870. The van der Waals surface area contributed by atoms with Crippen molar-refractivity contribution in [2.24, 2.45) is 0 Å². The van der Waals surface area contributed by atoms with Gasteiger partial charge in [0.2, 0.25) is 0 Å². The minimum absolute atomic E-state index is 0.0211. The Morgan fingerprint density at radius 3 is 2.65 bits per heavy atom. The lowest BCUT2D eigenvalue weighted by Crippen LogP contribution is -2.54. The first-order chi connectivity index (χ1) is 15.0. The molecule has 1 N–H and O–H groups in total. The van der Waals surface area contributed by atoms with Gasteiger partial charge >= 0.3 is 0 Å². The highest BCUT2D eigenvalue weighted by Crippen LogP contribution is 2.27. The van der Waals surface area contributed by atoms with Gasteiger partial charge < -0.3 is 9.15 Å². The van der Waals surface area contributed by atoms with E-state index < -0.39 is 11.8 Å². The van der Waals surface area contributed by atoms with Crippen LogP contribution in [0.5, 0.6) is 5.75 Å². The molecular formula is C23H17FN2O4S. The van der Waals surface area contributed by atoms with Crippen molar-refractivity contribution in [1.29, 1.82) is 0 Å². The molecule has 0 saturated carbocycles. The average Bonchev–Trinajstić information content (AvgIpc) is 3.21.